The number of nitrogens with zero attached hydrogens (tertiary/aromatic N) is 1. The Morgan fingerprint density at radius 1 is 1.26 bits per heavy atom. The minimum Gasteiger partial charge on any atom is -0.481 e. The Balaban J connectivity index is 2.69. The lowest BCUT2D eigenvalue weighted by Gasteiger charge is -2.22. The average molecular weight is 265 g/mol. The number of benzene rings is 1. The van der Waals surface area contributed by atoms with E-state index in [2.05, 4.69) is 0 Å². The van der Waals surface area contributed by atoms with E-state index >= 15 is 0 Å². The molecule has 0 aliphatic rings. The molecule has 1 amide bonds. The van der Waals surface area contributed by atoms with Crippen LogP contribution in [0, 0.1) is 0 Å². The molecule has 19 heavy (non-hydrogen) atoms. The van der Waals surface area contributed by atoms with Crippen LogP contribution in [0.3, 0.4) is 0 Å². The van der Waals surface area contributed by atoms with E-state index in [1.54, 1.807) is 12.1 Å². The fourth-order valence-electron chi connectivity index (χ4n) is 1.59. The number of hydrogen-bond donors (Lipinski definition) is 1. The van der Waals surface area contributed by atoms with Gasteiger partial charge in [0.25, 0.3) is 5.91 Å². The zero-order valence-electron chi connectivity index (χ0n) is 11.0. The molecule has 5 nitrogen and oxygen atoms in total. The van der Waals surface area contributed by atoms with E-state index in [-0.39, 0.29) is 25.5 Å². The largest absolute Gasteiger partial charge is 0.481 e. The fraction of sp³-hybridized carbons (Fsp3) is 0.429. The number of para-hydroxylation sites is 1. The molecular formula is C14H19NO4. The third-order valence-corrected chi connectivity index (χ3v) is 2.49. The standard InChI is InChI=1S/C14H19NO4/c1-2-10-19-11-13(16)15(9-8-14(17)18)12-6-4-3-5-7-12/h3-7H,2,8-11H2,1H3,(H,17,18). The first-order valence-electron chi connectivity index (χ1n) is 6.30. The molecule has 0 aromatic heterocycles. The number of carbonyl (C=O) groups is 2. The molecule has 0 radical (unpaired) electrons. The lowest BCUT2D eigenvalue weighted by atomic mass is 10.2. The summed E-state index contributed by atoms with van der Waals surface area (Å²) in [7, 11) is 0. The van der Waals surface area contributed by atoms with Gasteiger partial charge in [-0.1, -0.05) is 25.1 Å². The Bertz CT molecular complexity index is 405. The fourth-order valence-corrected chi connectivity index (χ4v) is 1.59. The summed E-state index contributed by atoms with van der Waals surface area (Å²) in [5.74, 6) is -1.15. The lowest BCUT2D eigenvalue weighted by Crippen LogP contribution is -2.35. The van der Waals surface area contributed by atoms with Gasteiger partial charge in [0.15, 0.2) is 0 Å². The Morgan fingerprint density at radius 3 is 2.53 bits per heavy atom. The first kappa shape index (κ1) is 15.2. The maximum absolute atomic E-state index is 12.0. The highest BCUT2D eigenvalue weighted by molar-refractivity contribution is 5.94. The maximum Gasteiger partial charge on any atom is 0.305 e. The minimum absolute atomic E-state index is 0.0254. The van der Waals surface area contributed by atoms with Gasteiger partial charge >= 0.3 is 5.97 Å². The van der Waals surface area contributed by atoms with Crippen LogP contribution in [-0.4, -0.2) is 36.7 Å². The summed E-state index contributed by atoms with van der Waals surface area (Å²) in [6, 6.07) is 9.02. The van der Waals surface area contributed by atoms with E-state index < -0.39 is 5.97 Å². The van der Waals surface area contributed by atoms with Gasteiger partial charge < -0.3 is 14.7 Å². The van der Waals surface area contributed by atoms with Crippen LogP contribution < -0.4 is 4.90 Å². The van der Waals surface area contributed by atoms with Gasteiger partial charge in [0.05, 0.1) is 6.42 Å². The van der Waals surface area contributed by atoms with Crippen LogP contribution in [-0.2, 0) is 14.3 Å². The molecule has 0 aliphatic carbocycles. The van der Waals surface area contributed by atoms with Gasteiger partial charge in [-0.15, -0.1) is 0 Å². The van der Waals surface area contributed by atoms with Gasteiger partial charge in [0, 0.05) is 18.8 Å². The molecule has 5 heteroatoms. The van der Waals surface area contributed by atoms with E-state index in [1.807, 2.05) is 25.1 Å². The normalized spacial score (nSPS) is 10.2. The third-order valence-electron chi connectivity index (χ3n) is 2.49. The quantitative estimate of drug-likeness (QED) is 0.729. The number of amides is 1. The topological polar surface area (TPSA) is 66.8 Å². The van der Waals surface area contributed by atoms with Crippen molar-refractivity contribution < 1.29 is 19.4 Å². The van der Waals surface area contributed by atoms with Crippen LogP contribution in [0.15, 0.2) is 30.3 Å². The molecule has 0 spiro atoms. The Labute approximate surface area is 112 Å². The van der Waals surface area contributed by atoms with Gasteiger partial charge in [-0.25, -0.2) is 0 Å². The van der Waals surface area contributed by atoms with Crippen LogP contribution in [0.25, 0.3) is 0 Å². The molecule has 0 aliphatic heterocycles. The summed E-state index contributed by atoms with van der Waals surface area (Å²) in [6.45, 7) is 2.60. The van der Waals surface area contributed by atoms with Crippen molar-refractivity contribution in [3.05, 3.63) is 30.3 Å². The monoisotopic (exact) mass is 265 g/mol. The number of anilines is 1. The zero-order valence-corrected chi connectivity index (χ0v) is 11.0. The number of rotatable bonds is 8. The molecule has 0 atom stereocenters. The van der Waals surface area contributed by atoms with E-state index in [4.69, 9.17) is 9.84 Å². The Hall–Kier alpha value is -1.88. The Morgan fingerprint density at radius 2 is 1.95 bits per heavy atom. The van der Waals surface area contributed by atoms with Crippen molar-refractivity contribution in [1.82, 2.24) is 0 Å². The molecule has 0 saturated carbocycles. The lowest BCUT2D eigenvalue weighted by molar-refractivity contribution is -0.136. The Kier molecular flexibility index (Phi) is 6.60. The molecule has 1 N–H and O–H groups in total. The highest BCUT2D eigenvalue weighted by atomic mass is 16.5. The molecule has 104 valence electrons. The van der Waals surface area contributed by atoms with Gasteiger partial charge in [0.1, 0.15) is 6.61 Å². The second-order valence-corrected chi connectivity index (χ2v) is 4.08. The highest BCUT2D eigenvalue weighted by Gasteiger charge is 2.16. The second-order valence-electron chi connectivity index (χ2n) is 4.08. The van der Waals surface area contributed by atoms with Crippen LogP contribution in [0.2, 0.25) is 0 Å². The first-order chi connectivity index (χ1) is 9.15. The van der Waals surface area contributed by atoms with Gasteiger partial charge in [-0.3, -0.25) is 9.59 Å². The number of carboxylic acid groups (broad SMARTS) is 1. The molecule has 1 aromatic rings. The minimum atomic E-state index is -0.928. The number of carboxylic acids is 1. The number of carbonyl (C=O) groups excluding carboxylic acids is 1. The van der Waals surface area contributed by atoms with Crippen LogP contribution >= 0.6 is 0 Å². The molecule has 1 aromatic carbocycles. The highest BCUT2D eigenvalue weighted by Crippen LogP contribution is 2.14. The van der Waals surface area contributed by atoms with Gasteiger partial charge in [0.2, 0.25) is 0 Å². The van der Waals surface area contributed by atoms with Gasteiger partial charge in [-0.2, -0.15) is 0 Å². The van der Waals surface area contributed by atoms with Crippen molar-refractivity contribution in [3.8, 4) is 0 Å². The molecule has 0 unspecified atom stereocenters. The molecular weight excluding hydrogens is 246 g/mol. The summed E-state index contributed by atoms with van der Waals surface area (Å²) >= 11 is 0. The summed E-state index contributed by atoms with van der Waals surface area (Å²) in [6.07, 6.45) is 0.752. The second kappa shape index (κ2) is 8.26. The van der Waals surface area contributed by atoms with Crippen molar-refractivity contribution in [2.45, 2.75) is 19.8 Å². The maximum atomic E-state index is 12.0. The van der Waals surface area contributed by atoms with Crippen LogP contribution in [0.5, 0.6) is 0 Å². The molecule has 1 rings (SSSR count). The summed E-state index contributed by atoms with van der Waals surface area (Å²) < 4.78 is 5.22. The SMILES string of the molecule is CCCOCC(=O)N(CCC(=O)O)c1ccccc1. The van der Waals surface area contributed by atoms with E-state index in [9.17, 15) is 9.59 Å². The number of ether oxygens (including phenoxy) is 1. The van der Waals surface area contributed by atoms with Crippen molar-refractivity contribution in [2.75, 3.05) is 24.7 Å². The summed E-state index contributed by atoms with van der Waals surface area (Å²) in [5.41, 5.74) is 0.689. The molecule has 0 bridgehead atoms. The molecule has 0 saturated heterocycles. The first-order valence-corrected chi connectivity index (χ1v) is 6.30. The van der Waals surface area contributed by atoms with Crippen LogP contribution in [0.4, 0.5) is 5.69 Å². The zero-order chi connectivity index (χ0) is 14.1. The number of hydrogen-bond acceptors (Lipinski definition) is 3. The summed E-state index contributed by atoms with van der Waals surface area (Å²) in [4.78, 5) is 24.1. The molecule has 0 heterocycles. The van der Waals surface area contributed by atoms with E-state index in [0.29, 0.717) is 12.3 Å². The van der Waals surface area contributed by atoms with Crippen molar-refractivity contribution >= 4 is 17.6 Å². The molecule has 0 fully saturated rings. The van der Waals surface area contributed by atoms with E-state index in [0.717, 1.165) is 6.42 Å². The third kappa shape index (κ3) is 5.52. The predicted molar refractivity (Wildman–Crippen MR) is 72.2 cm³/mol. The van der Waals surface area contributed by atoms with Crippen molar-refractivity contribution in [1.29, 1.82) is 0 Å². The van der Waals surface area contributed by atoms with Crippen molar-refractivity contribution in [2.24, 2.45) is 0 Å². The van der Waals surface area contributed by atoms with Crippen LogP contribution in [0.1, 0.15) is 19.8 Å². The predicted octanol–water partition coefficient (Wildman–Crippen LogP) is 1.92. The average Bonchev–Trinajstić information content (AvgIpc) is 2.40. The van der Waals surface area contributed by atoms with Crippen molar-refractivity contribution in [3.63, 3.8) is 0 Å². The smallest absolute Gasteiger partial charge is 0.305 e. The number of aliphatic carboxylic acids is 1. The van der Waals surface area contributed by atoms with E-state index in [1.165, 1.54) is 4.90 Å². The summed E-state index contributed by atoms with van der Waals surface area (Å²) in [5, 5.41) is 8.74. The van der Waals surface area contributed by atoms with Gasteiger partial charge in [-0.05, 0) is 18.6 Å².